The molecule has 2 rings (SSSR count). The maximum absolute atomic E-state index is 11.4. The second-order valence-electron chi connectivity index (χ2n) is 4.85. The van der Waals surface area contributed by atoms with Gasteiger partial charge in [0.15, 0.2) is 0 Å². The molecule has 0 radical (unpaired) electrons. The van der Waals surface area contributed by atoms with Crippen molar-refractivity contribution in [1.82, 2.24) is 5.32 Å². The van der Waals surface area contributed by atoms with Crippen molar-refractivity contribution in [2.45, 2.75) is 24.8 Å². The number of methoxy groups -OCH3 is 2. The molecule has 0 heterocycles. The van der Waals surface area contributed by atoms with Crippen molar-refractivity contribution in [1.29, 1.82) is 0 Å². The molecule has 0 spiro atoms. The van der Waals surface area contributed by atoms with E-state index in [1.807, 2.05) is 19.1 Å². The smallest absolute Gasteiger partial charge is 0.324 e. The molecule has 5 nitrogen and oxygen atoms in total. The van der Waals surface area contributed by atoms with Crippen molar-refractivity contribution >= 4 is 5.97 Å². The molecule has 104 valence electrons. The van der Waals surface area contributed by atoms with Crippen LogP contribution in [-0.4, -0.2) is 37.9 Å². The zero-order chi connectivity index (χ0) is 14.2. The van der Waals surface area contributed by atoms with Gasteiger partial charge in [0.05, 0.1) is 14.2 Å². The summed E-state index contributed by atoms with van der Waals surface area (Å²) in [6.07, 6.45) is 0.557. The molecule has 2 unspecified atom stereocenters. The van der Waals surface area contributed by atoms with Crippen molar-refractivity contribution in [3.05, 3.63) is 23.3 Å². The SMILES string of the molecule is CNC1(C(=O)O)CC1c1cc(OC)c(C)cc1OC. The van der Waals surface area contributed by atoms with Crippen LogP contribution in [0.3, 0.4) is 0 Å². The third-order valence-electron chi connectivity index (χ3n) is 3.91. The van der Waals surface area contributed by atoms with Crippen LogP contribution in [0.2, 0.25) is 0 Å². The normalized spacial score (nSPS) is 24.9. The Hall–Kier alpha value is -1.75. The van der Waals surface area contributed by atoms with E-state index in [0.29, 0.717) is 12.2 Å². The first-order valence-electron chi connectivity index (χ1n) is 6.15. The summed E-state index contributed by atoms with van der Waals surface area (Å²) in [4.78, 5) is 11.4. The van der Waals surface area contributed by atoms with Crippen LogP contribution < -0.4 is 14.8 Å². The molecule has 19 heavy (non-hydrogen) atoms. The highest BCUT2D eigenvalue weighted by molar-refractivity contribution is 5.85. The molecule has 1 aromatic rings. The number of carboxylic acids is 1. The number of carbonyl (C=O) groups is 1. The minimum Gasteiger partial charge on any atom is -0.496 e. The Kier molecular flexibility index (Phi) is 3.41. The van der Waals surface area contributed by atoms with E-state index in [2.05, 4.69) is 5.32 Å². The first-order chi connectivity index (χ1) is 9.00. The Balaban J connectivity index is 2.44. The Labute approximate surface area is 112 Å². The number of aliphatic carboxylic acids is 1. The zero-order valence-corrected chi connectivity index (χ0v) is 11.6. The summed E-state index contributed by atoms with van der Waals surface area (Å²) in [7, 11) is 4.87. The second-order valence-corrected chi connectivity index (χ2v) is 4.85. The summed E-state index contributed by atoms with van der Waals surface area (Å²) in [5, 5.41) is 12.3. The van der Waals surface area contributed by atoms with Crippen LogP contribution in [0.25, 0.3) is 0 Å². The number of hydrogen-bond donors (Lipinski definition) is 2. The molecule has 1 aliphatic carbocycles. The second kappa shape index (κ2) is 4.74. The van der Waals surface area contributed by atoms with Gasteiger partial charge in [-0.05, 0) is 38.1 Å². The van der Waals surface area contributed by atoms with Gasteiger partial charge in [-0.3, -0.25) is 4.79 Å². The molecule has 1 aliphatic rings. The minimum absolute atomic E-state index is 0.0977. The van der Waals surface area contributed by atoms with Crippen molar-refractivity contribution in [3.63, 3.8) is 0 Å². The van der Waals surface area contributed by atoms with Gasteiger partial charge in [-0.2, -0.15) is 0 Å². The van der Waals surface area contributed by atoms with Gasteiger partial charge in [0.1, 0.15) is 17.0 Å². The summed E-state index contributed by atoms with van der Waals surface area (Å²) in [6.45, 7) is 1.93. The first kappa shape index (κ1) is 13.7. The monoisotopic (exact) mass is 265 g/mol. The molecule has 0 saturated heterocycles. The van der Waals surface area contributed by atoms with Crippen LogP contribution in [0.5, 0.6) is 11.5 Å². The van der Waals surface area contributed by atoms with E-state index in [1.165, 1.54) is 0 Å². The third-order valence-corrected chi connectivity index (χ3v) is 3.91. The molecule has 2 atom stereocenters. The van der Waals surface area contributed by atoms with Gasteiger partial charge < -0.3 is 19.9 Å². The maximum atomic E-state index is 11.4. The van der Waals surface area contributed by atoms with Gasteiger partial charge in [0, 0.05) is 11.5 Å². The van der Waals surface area contributed by atoms with Crippen LogP contribution >= 0.6 is 0 Å². The number of rotatable bonds is 5. The van der Waals surface area contributed by atoms with Gasteiger partial charge in [0.25, 0.3) is 0 Å². The summed E-state index contributed by atoms with van der Waals surface area (Å²) < 4.78 is 10.7. The van der Waals surface area contributed by atoms with E-state index in [0.717, 1.165) is 16.9 Å². The van der Waals surface area contributed by atoms with Crippen LogP contribution in [0.1, 0.15) is 23.5 Å². The van der Waals surface area contributed by atoms with Gasteiger partial charge in [-0.1, -0.05) is 0 Å². The number of benzene rings is 1. The number of nitrogens with one attached hydrogen (secondary N) is 1. The molecule has 2 N–H and O–H groups in total. The van der Waals surface area contributed by atoms with Crippen molar-refractivity contribution in [2.24, 2.45) is 0 Å². The summed E-state index contributed by atoms with van der Waals surface area (Å²) >= 11 is 0. The van der Waals surface area contributed by atoms with Crippen molar-refractivity contribution < 1.29 is 19.4 Å². The fraction of sp³-hybridized carbons (Fsp3) is 0.500. The Morgan fingerprint density at radius 3 is 2.42 bits per heavy atom. The molecular formula is C14H19NO4. The fourth-order valence-electron chi connectivity index (χ4n) is 2.60. The van der Waals surface area contributed by atoms with E-state index >= 15 is 0 Å². The first-order valence-corrected chi connectivity index (χ1v) is 6.15. The number of hydrogen-bond acceptors (Lipinski definition) is 4. The highest BCUT2D eigenvalue weighted by Gasteiger charge is 2.61. The third kappa shape index (κ3) is 2.04. The minimum atomic E-state index is -0.881. The van der Waals surface area contributed by atoms with Crippen molar-refractivity contribution in [2.75, 3.05) is 21.3 Å². The molecule has 1 fully saturated rings. The van der Waals surface area contributed by atoms with E-state index < -0.39 is 11.5 Å². The highest BCUT2D eigenvalue weighted by Crippen LogP contribution is 2.54. The van der Waals surface area contributed by atoms with Gasteiger partial charge >= 0.3 is 5.97 Å². The van der Waals surface area contributed by atoms with Gasteiger partial charge in [0.2, 0.25) is 0 Å². The summed E-state index contributed by atoms with van der Waals surface area (Å²) in [6, 6.07) is 3.76. The predicted molar refractivity (Wildman–Crippen MR) is 71.1 cm³/mol. The average Bonchev–Trinajstić information content (AvgIpc) is 3.14. The number of ether oxygens (including phenoxy) is 2. The van der Waals surface area contributed by atoms with Crippen LogP contribution in [0.4, 0.5) is 0 Å². The largest absolute Gasteiger partial charge is 0.496 e. The number of carboxylic acid groups (broad SMARTS) is 1. The maximum Gasteiger partial charge on any atom is 0.324 e. The van der Waals surface area contributed by atoms with Gasteiger partial charge in [-0.25, -0.2) is 0 Å². The lowest BCUT2D eigenvalue weighted by molar-refractivity contribution is -0.140. The number of aryl methyl sites for hydroxylation is 1. The van der Waals surface area contributed by atoms with E-state index in [9.17, 15) is 9.90 Å². The van der Waals surface area contributed by atoms with Gasteiger partial charge in [-0.15, -0.1) is 0 Å². The predicted octanol–water partition coefficient (Wildman–Crippen LogP) is 1.54. The fourth-order valence-corrected chi connectivity index (χ4v) is 2.60. The molecular weight excluding hydrogens is 246 g/mol. The molecule has 0 aliphatic heterocycles. The lowest BCUT2D eigenvalue weighted by Gasteiger charge is -2.16. The van der Waals surface area contributed by atoms with E-state index in [-0.39, 0.29) is 5.92 Å². The Morgan fingerprint density at radius 2 is 2.00 bits per heavy atom. The average molecular weight is 265 g/mol. The van der Waals surface area contributed by atoms with E-state index in [4.69, 9.17) is 9.47 Å². The van der Waals surface area contributed by atoms with Crippen molar-refractivity contribution in [3.8, 4) is 11.5 Å². The molecule has 0 aromatic heterocycles. The molecule has 0 amide bonds. The Bertz CT molecular complexity index is 514. The summed E-state index contributed by atoms with van der Waals surface area (Å²) in [5.74, 6) is 0.529. The standard InChI is InChI=1S/C14H19NO4/c1-8-5-12(19-4)9(6-11(8)18-3)10-7-14(10,15-2)13(16)17/h5-6,10,15H,7H2,1-4H3,(H,16,17). The lowest BCUT2D eigenvalue weighted by Crippen LogP contribution is -2.38. The Morgan fingerprint density at radius 1 is 1.37 bits per heavy atom. The number of likely N-dealkylation sites (N-methyl/N-ethyl adjacent to an activating group) is 1. The molecule has 0 bridgehead atoms. The van der Waals surface area contributed by atoms with Crippen LogP contribution in [0, 0.1) is 6.92 Å². The molecule has 1 saturated carbocycles. The topological polar surface area (TPSA) is 67.8 Å². The lowest BCUT2D eigenvalue weighted by atomic mass is 10.0. The quantitative estimate of drug-likeness (QED) is 0.845. The highest BCUT2D eigenvalue weighted by atomic mass is 16.5. The van der Waals surface area contributed by atoms with Crippen LogP contribution in [-0.2, 0) is 4.79 Å². The molecule has 5 heteroatoms. The summed E-state index contributed by atoms with van der Waals surface area (Å²) in [5.41, 5.74) is 0.962. The van der Waals surface area contributed by atoms with E-state index in [1.54, 1.807) is 21.3 Å². The van der Waals surface area contributed by atoms with Crippen LogP contribution in [0.15, 0.2) is 12.1 Å². The zero-order valence-electron chi connectivity index (χ0n) is 11.6. The molecule has 1 aromatic carbocycles.